The summed E-state index contributed by atoms with van der Waals surface area (Å²) >= 11 is 6.36. The molecule has 1 amide bonds. The van der Waals surface area contributed by atoms with Crippen LogP contribution in [0.25, 0.3) is 5.76 Å². The standard InChI is InChI=1S/C23H21ClN2O7/c24-17-7-4-3-6-16(17)20-19(21(29)14-9-11-15(12-10-14)26(32)33)22(30)23(31)25(20)13-5-1-2-8-18(27)28/h3-4,6-7,9-12,20,29H,1-2,5,8,13H2,(H,27,28). The van der Waals surface area contributed by atoms with Gasteiger partial charge in [-0.05, 0) is 36.6 Å². The van der Waals surface area contributed by atoms with Crippen LogP contribution < -0.4 is 0 Å². The minimum Gasteiger partial charge on any atom is -0.507 e. The number of aliphatic hydroxyl groups is 1. The van der Waals surface area contributed by atoms with Gasteiger partial charge in [0.2, 0.25) is 0 Å². The van der Waals surface area contributed by atoms with E-state index < -0.39 is 34.4 Å². The van der Waals surface area contributed by atoms with E-state index in [2.05, 4.69) is 0 Å². The number of benzene rings is 2. The van der Waals surface area contributed by atoms with Crippen molar-refractivity contribution in [2.75, 3.05) is 6.54 Å². The number of ketones is 1. The van der Waals surface area contributed by atoms with Crippen LogP contribution in [0.1, 0.15) is 42.9 Å². The van der Waals surface area contributed by atoms with Crippen molar-refractivity contribution >= 4 is 40.7 Å². The van der Waals surface area contributed by atoms with Crippen LogP contribution >= 0.6 is 11.6 Å². The number of nitro benzene ring substituents is 1. The first-order valence-corrected chi connectivity index (χ1v) is 10.6. The molecule has 0 radical (unpaired) electrons. The number of unbranched alkanes of at least 4 members (excludes halogenated alkanes) is 2. The van der Waals surface area contributed by atoms with Crippen molar-refractivity contribution in [3.8, 4) is 0 Å². The second-order valence-corrected chi connectivity index (χ2v) is 7.93. The quantitative estimate of drug-likeness (QED) is 0.138. The number of carbonyl (C=O) groups is 3. The van der Waals surface area contributed by atoms with Gasteiger partial charge in [0.25, 0.3) is 17.4 Å². The van der Waals surface area contributed by atoms with Gasteiger partial charge >= 0.3 is 5.97 Å². The zero-order chi connectivity index (χ0) is 24.1. The molecule has 3 rings (SSSR count). The fraction of sp³-hybridized carbons (Fsp3) is 0.261. The topological polar surface area (TPSA) is 138 Å². The molecule has 1 atom stereocenters. The normalized spacial score (nSPS) is 17.4. The number of carbonyl (C=O) groups excluding carboxylic acids is 2. The van der Waals surface area contributed by atoms with Crippen molar-refractivity contribution in [3.05, 3.63) is 80.4 Å². The van der Waals surface area contributed by atoms with Gasteiger partial charge in [0, 0.05) is 35.7 Å². The molecule has 0 saturated carbocycles. The van der Waals surface area contributed by atoms with Gasteiger partial charge in [-0.2, -0.15) is 0 Å². The third kappa shape index (κ3) is 5.20. The Morgan fingerprint density at radius 1 is 1.03 bits per heavy atom. The first-order valence-electron chi connectivity index (χ1n) is 10.2. The Morgan fingerprint density at radius 3 is 2.30 bits per heavy atom. The summed E-state index contributed by atoms with van der Waals surface area (Å²) < 4.78 is 0. The van der Waals surface area contributed by atoms with E-state index in [1.165, 1.54) is 29.2 Å². The van der Waals surface area contributed by atoms with Gasteiger partial charge in [0.1, 0.15) is 5.76 Å². The van der Waals surface area contributed by atoms with Gasteiger partial charge in [-0.15, -0.1) is 0 Å². The molecule has 0 aromatic heterocycles. The number of aliphatic hydroxyl groups excluding tert-OH is 1. The Kier molecular flexibility index (Phi) is 7.44. The van der Waals surface area contributed by atoms with Crippen LogP contribution in [0.15, 0.2) is 54.1 Å². The van der Waals surface area contributed by atoms with Crippen molar-refractivity contribution < 1.29 is 29.5 Å². The number of nitrogens with zero attached hydrogens (tertiary/aromatic N) is 2. The lowest BCUT2D eigenvalue weighted by Crippen LogP contribution is -2.30. The summed E-state index contributed by atoms with van der Waals surface area (Å²) in [7, 11) is 0. The molecule has 2 aromatic carbocycles. The Hall–Kier alpha value is -3.72. The number of carboxylic acids is 1. The Morgan fingerprint density at radius 2 is 1.70 bits per heavy atom. The molecule has 33 heavy (non-hydrogen) atoms. The number of nitro groups is 1. The largest absolute Gasteiger partial charge is 0.507 e. The molecule has 1 fully saturated rings. The van der Waals surface area contributed by atoms with E-state index >= 15 is 0 Å². The van der Waals surface area contributed by atoms with Crippen molar-refractivity contribution in [1.29, 1.82) is 0 Å². The molecule has 9 nitrogen and oxygen atoms in total. The predicted octanol–water partition coefficient (Wildman–Crippen LogP) is 4.31. The van der Waals surface area contributed by atoms with E-state index in [1.807, 2.05) is 0 Å². The summed E-state index contributed by atoms with van der Waals surface area (Å²) in [6.07, 6.45) is 1.43. The number of likely N-dealkylation sites (tertiary alicyclic amines) is 1. The molecule has 0 bridgehead atoms. The molecule has 0 spiro atoms. The van der Waals surface area contributed by atoms with Gasteiger partial charge in [-0.1, -0.05) is 36.2 Å². The highest BCUT2D eigenvalue weighted by Crippen LogP contribution is 2.42. The second kappa shape index (κ2) is 10.3. The number of amides is 1. The van der Waals surface area contributed by atoms with E-state index in [0.717, 1.165) is 0 Å². The first kappa shape index (κ1) is 23.9. The van der Waals surface area contributed by atoms with Crippen LogP contribution in [0.5, 0.6) is 0 Å². The lowest BCUT2D eigenvalue weighted by atomic mass is 9.95. The molecule has 2 aromatic rings. The molecule has 10 heteroatoms. The van der Waals surface area contributed by atoms with Crippen LogP contribution in [0.3, 0.4) is 0 Å². The fourth-order valence-corrected chi connectivity index (χ4v) is 4.00. The average molecular weight is 473 g/mol. The maximum absolute atomic E-state index is 12.9. The number of non-ortho nitro benzene ring substituents is 1. The highest BCUT2D eigenvalue weighted by molar-refractivity contribution is 6.47. The molecule has 1 unspecified atom stereocenters. The number of halogens is 1. The summed E-state index contributed by atoms with van der Waals surface area (Å²) in [5.74, 6) is -3.06. The first-order chi connectivity index (χ1) is 15.7. The maximum atomic E-state index is 12.9. The lowest BCUT2D eigenvalue weighted by molar-refractivity contribution is -0.384. The third-order valence-electron chi connectivity index (χ3n) is 5.38. The number of Topliss-reactive ketones (excluding diaryl/α,β-unsaturated/α-hetero) is 1. The lowest BCUT2D eigenvalue weighted by Gasteiger charge is -2.26. The molecule has 1 aliphatic rings. The Bertz CT molecular complexity index is 1130. The molecule has 1 heterocycles. The van der Waals surface area contributed by atoms with Crippen LogP contribution in [-0.2, 0) is 14.4 Å². The number of aliphatic carboxylic acids is 1. The molecular weight excluding hydrogens is 452 g/mol. The minimum atomic E-state index is -0.951. The van der Waals surface area contributed by atoms with Gasteiger partial charge in [0.15, 0.2) is 0 Å². The van der Waals surface area contributed by atoms with Crippen LogP contribution in [0, 0.1) is 10.1 Å². The second-order valence-electron chi connectivity index (χ2n) is 7.52. The average Bonchev–Trinajstić information content (AvgIpc) is 3.03. The fourth-order valence-electron chi connectivity index (χ4n) is 3.76. The summed E-state index contributed by atoms with van der Waals surface area (Å²) in [6.45, 7) is 0.164. The molecule has 1 aliphatic heterocycles. The van der Waals surface area contributed by atoms with E-state index in [4.69, 9.17) is 16.7 Å². The molecule has 1 saturated heterocycles. The smallest absolute Gasteiger partial charge is 0.303 e. The minimum absolute atomic E-state index is 0.00685. The maximum Gasteiger partial charge on any atom is 0.303 e. The summed E-state index contributed by atoms with van der Waals surface area (Å²) in [4.78, 5) is 48.2. The number of hydrogen-bond acceptors (Lipinski definition) is 6. The summed E-state index contributed by atoms with van der Waals surface area (Å²) in [5.41, 5.74) is 0.257. The third-order valence-corrected chi connectivity index (χ3v) is 5.73. The van der Waals surface area contributed by atoms with E-state index in [9.17, 15) is 29.6 Å². The van der Waals surface area contributed by atoms with Gasteiger partial charge in [-0.3, -0.25) is 24.5 Å². The number of hydrogen-bond donors (Lipinski definition) is 2. The van der Waals surface area contributed by atoms with Crippen molar-refractivity contribution in [1.82, 2.24) is 4.90 Å². The predicted molar refractivity (Wildman–Crippen MR) is 120 cm³/mol. The highest BCUT2D eigenvalue weighted by atomic mass is 35.5. The van der Waals surface area contributed by atoms with Crippen molar-refractivity contribution in [2.45, 2.75) is 31.7 Å². The van der Waals surface area contributed by atoms with Gasteiger partial charge in [-0.25, -0.2) is 0 Å². The van der Waals surface area contributed by atoms with Crippen LogP contribution in [0.4, 0.5) is 5.69 Å². The zero-order valence-corrected chi connectivity index (χ0v) is 18.2. The Balaban J connectivity index is 2.00. The molecule has 172 valence electrons. The van der Waals surface area contributed by atoms with Crippen molar-refractivity contribution in [2.24, 2.45) is 0 Å². The van der Waals surface area contributed by atoms with E-state index in [0.29, 0.717) is 29.8 Å². The van der Waals surface area contributed by atoms with E-state index in [-0.39, 0.29) is 29.8 Å². The number of carboxylic acid groups (broad SMARTS) is 1. The highest BCUT2D eigenvalue weighted by Gasteiger charge is 2.46. The summed E-state index contributed by atoms with van der Waals surface area (Å²) in [5, 5.41) is 30.9. The number of rotatable bonds is 9. The zero-order valence-electron chi connectivity index (χ0n) is 17.4. The van der Waals surface area contributed by atoms with Gasteiger partial charge in [0.05, 0.1) is 16.5 Å². The summed E-state index contributed by atoms with van der Waals surface area (Å²) in [6, 6.07) is 10.7. The molecular formula is C23H21ClN2O7. The SMILES string of the molecule is O=C(O)CCCCCN1C(=O)C(=O)C(=C(O)c2ccc([N+](=O)[O-])cc2)C1c1ccccc1Cl. The van der Waals surface area contributed by atoms with Crippen molar-refractivity contribution in [3.63, 3.8) is 0 Å². The Labute approximate surface area is 194 Å². The van der Waals surface area contributed by atoms with Gasteiger partial charge < -0.3 is 15.1 Å². The molecule has 2 N–H and O–H groups in total. The van der Waals surface area contributed by atoms with Crippen LogP contribution in [0.2, 0.25) is 5.02 Å². The van der Waals surface area contributed by atoms with Crippen LogP contribution in [-0.4, -0.2) is 44.2 Å². The monoisotopic (exact) mass is 472 g/mol. The van der Waals surface area contributed by atoms with E-state index in [1.54, 1.807) is 24.3 Å². The molecule has 0 aliphatic carbocycles.